The van der Waals surface area contributed by atoms with Crippen molar-refractivity contribution in [2.45, 2.75) is 0 Å². The Morgan fingerprint density at radius 1 is 0.120 bits per heavy atom. The largest absolute Gasteiger partial charge is 0.345 e. The van der Waals surface area contributed by atoms with Gasteiger partial charge in [0, 0.05) is 112 Å². The minimum atomic E-state index is 1.12. The number of fused-ring (bicyclic) bond motifs is 2. The van der Waals surface area contributed by atoms with Crippen LogP contribution >= 0.6 is 0 Å². The van der Waals surface area contributed by atoms with Gasteiger partial charge in [-0.15, -0.1) is 0 Å². The highest BCUT2D eigenvalue weighted by molar-refractivity contribution is 5.96. The summed E-state index contributed by atoms with van der Waals surface area (Å²) in [4.78, 5) is 13.6. The normalized spacial score (nSPS) is 10.8. The molecule has 0 fully saturated rings. The number of benzene rings is 20. The standard InChI is InChI=1S/2C41H32N2.C37H30N2/c1-42(41-18-10-14-35-13-8-9-17-40(35)41)36-25-19-33(20-26-36)34-23-29-39(30-24-34)43(37-15-6-3-7-16-37)38-27-21-32(22-28-38)31-11-4-2-5-12-31;1-42(41-29-22-32-12-8-9-13-36(32)30-41)37-23-16-34(17-24-37)35-20-27-40(28-21-35)43(38-14-6-3-7-15-38)39-25-18-33(19-26-39)31-10-4-2-5-11-31;1-38(33-13-7-3-8-14-33)34-23-17-31(18-24-34)32-21-27-37(28-22-32)39(35-15-9-4-10-16-35)36-25-19-30(20-26-36)29-11-5-2-6-12-29/h2*2-30H,1H3;2-28H,1H3. The van der Waals surface area contributed by atoms with Crippen molar-refractivity contribution >= 4 is 107 Å². The number of nitrogens with zero attached hydrogens (tertiary/aromatic N) is 6. The molecule has 0 atom stereocenters. The Bertz CT molecular complexity index is 6820. The van der Waals surface area contributed by atoms with E-state index in [0.29, 0.717) is 0 Å². The quantitative estimate of drug-likeness (QED) is 0.0709. The molecule has 0 saturated heterocycles. The van der Waals surface area contributed by atoms with Crippen molar-refractivity contribution in [2.75, 3.05) is 50.5 Å². The van der Waals surface area contributed by atoms with Gasteiger partial charge in [0.15, 0.2) is 0 Å². The molecular weight excluding hydrogens is 1510 g/mol. The van der Waals surface area contributed by atoms with E-state index in [1.165, 1.54) is 105 Å². The highest BCUT2D eigenvalue weighted by Crippen LogP contribution is 2.43. The number of hydrogen-bond acceptors (Lipinski definition) is 6. The Hall–Kier alpha value is -16.3. The minimum Gasteiger partial charge on any atom is -0.345 e. The number of hydrogen-bond donors (Lipinski definition) is 0. The van der Waals surface area contributed by atoms with Crippen molar-refractivity contribution in [2.24, 2.45) is 0 Å². The Kier molecular flexibility index (Phi) is 24.3. The van der Waals surface area contributed by atoms with Gasteiger partial charge in [0.2, 0.25) is 0 Å². The van der Waals surface area contributed by atoms with E-state index >= 15 is 0 Å². The van der Waals surface area contributed by atoms with Gasteiger partial charge in [-0.05, 0) is 259 Å². The van der Waals surface area contributed by atoms with Gasteiger partial charge in [-0.1, -0.05) is 340 Å². The Labute approximate surface area is 734 Å². The van der Waals surface area contributed by atoms with Crippen LogP contribution in [0.15, 0.2) is 516 Å². The zero-order chi connectivity index (χ0) is 84.5. The summed E-state index contributed by atoms with van der Waals surface area (Å²) in [6, 6.07) is 183. The number of anilines is 15. The highest BCUT2D eigenvalue weighted by atomic mass is 15.2. The fraction of sp³-hybridized carbons (Fsp3) is 0.0252. The summed E-state index contributed by atoms with van der Waals surface area (Å²) in [6.07, 6.45) is 0. The van der Waals surface area contributed by atoms with E-state index in [-0.39, 0.29) is 0 Å². The molecule has 0 amide bonds. The lowest BCUT2D eigenvalue weighted by Gasteiger charge is -2.26. The van der Waals surface area contributed by atoms with Crippen LogP contribution in [0.4, 0.5) is 85.3 Å². The molecule has 20 aromatic carbocycles. The van der Waals surface area contributed by atoms with Gasteiger partial charge in [-0.2, -0.15) is 0 Å². The highest BCUT2D eigenvalue weighted by Gasteiger charge is 2.19. The van der Waals surface area contributed by atoms with E-state index < -0.39 is 0 Å². The Morgan fingerprint density at radius 3 is 0.616 bits per heavy atom. The van der Waals surface area contributed by atoms with E-state index in [4.69, 9.17) is 0 Å². The summed E-state index contributed by atoms with van der Waals surface area (Å²) in [6.45, 7) is 0. The van der Waals surface area contributed by atoms with Crippen LogP contribution < -0.4 is 29.4 Å². The summed E-state index contributed by atoms with van der Waals surface area (Å²) < 4.78 is 0. The molecule has 600 valence electrons. The third-order valence-electron chi connectivity index (χ3n) is 23.3. The second kappa shape index (κ2) is 38.0. The monoisotopic (exact) mass is 1610 g/mol. The van der Waals surface area contributed by atoms with Gasteiger partial charge in [0.25, 0.3) is 0 Å². The summed E-state index contributed by atoms with van der Waals surface area (Å²) >= 11 is 0. The van der Waals surface area contributed by atoms with Crippen LogP contribution in [0.2, 0.25) is 0 Å². The van der Waals surface area contributed by atoms with Crippen molar-refractivity contribution in [3.8, 4) is 66.8 Å². The predicted octanol–water partition coefficient (Wildman–Crippen LogP) is 33.1. The van der Waals surface area contributed by atoms with Crippen LogP contribution in [0.3, 0.4) is 0 Å². The summed E-state index contributed by atoms with van der Waals surface area (Å²) in [5.41, 5.74) is 31.6. The zero-order valence-corrected chi connectivity index (χ0v) is 70.3. The van der Waals surface area contributed by atoms with Gasteiger partial charge in [0.05, 0.1) is 0 Å². The van der Waals surface area contributed by atoms with Crippen LogP contribution in [-0.2, 0) is 0 Å². The molecule has 125 heavy (non-hydrogen) atoms. The molecule has 6 nitrogen and oxygen atoms in total. The first kappa shape index (κ1) is 79.8. The maximum absolute atomic E-state index is 2.31. The second-order valence-electron chi connectivity index (χ2n) is 31.1. The predicted molar refractivity (Wildman–Crippen MR) is 535 cm³/mol. The SMILES string of the molecule is CN(c1ccc(-c2ccc(N(c3ccccc3)c3ccc(-c4ccccc4)cc3)cc2)cc1)c1ccc2ccccc2c1.CN(c1ccc(-c2ccc(N(c3ccccc3)c3ccc(-c4ccccc4)cc3)cc2)cc1)c1cccc2ccccc12.CN(c1ccccc1)c1ccc(-c2ccc(N(c3ccccc3)c3ccc(-c4ccccc4)cc3)cc2)cc1. The molecule has 0 aromatic heterocycles. The smallest absolute Gasteiger partial charge is 0.0487 e. The van der Waals surface area contributed by atoms with Crippen LogP contribution in [0.25, 0.3) is 88.3 Å². The first-order valence-electron chi connectivity index (χ1n) is 42.6. The van der Waals surface area contributed by atoms with Crippen molar-refractivity contribution in [1.29, 1.82) is 0 Å². The van der Waals surface area contributed by atoms with Crippen LogP contribution in [0.1, 0.15) is 0 Å². The molecule has 0 saturated carbocycles. The lowest BCUT2D eigenvalue weighted by atomic mass is 10.0. The van der Waals surface area contributed by atoms with Gasteiger partial charge in [-0.3, -0.25) is 0 Å². The van der Waals surface area contributed by atoms with E-state index in [1.54, 1.807) is 0 Å². The number of rotatable bonds is 21. The van der Waals surface area contributed by atoms with Crippen LogP contribution in [0, 0.1) is 0 Å². The van der Waals surface area contributed by atoms with E-state index in [9.17, 15) is 0 Å². The average molecular weight is 1610 g/mol. The molecule has 20 aromatic rings. The lowest BCUT2D eigenvalue weighted by molar-refractivity contribution is 1.21. The first-order valence-corrected chi connectivity index (χ1v) is 42.6. The van der Waals surface area contributed by atoms with Crippen molar-refractivity contribution in [3.05, 3.63) is 516 Å². The van der Waals surface area contributed by atoms with Gasteiger partial charge < -0.3 is 29.4 Å². The minimum absolute atomic E-state index is 1.12. The van der Waals surface area contributed by atoms with Crippen molar-refractivity contribution < 1.29 is 0 Å². The van der Waals surface area contributed by atoms with E-state index in [0.717, 1.165) is 68.2 Å². The molecule has 0 aliphatic heterocycles. The lowest BCUT2D eigenvalue weighted by Crippen LogP contribution is -2.10. The maximum Gasteiger partial charge on any atom is 0.0487 e. The molecule has 0 radical (unpaired) electrons. The summed E-state index contributed by atoms with van der Waals surface area (Å²) in [5.74, 6) is 0. The topological polar surface area (TPSA) is 19.4 Å². The fourth-order valence-corrected chi connectivity index (χ4v) is 16.4. The molecular formula is C119H94N6. The molecule has 0 aliphatic rings. The number of para-hydroxylation sites is 4. The van der Waals surface area contributed by atoms with E-state index in [1.807, 2.05) is 6.07 Å². The molecule has 0 N–H and O–H groups in total. The van der Waals surface area contributed by atoms with Gasteiger partial charge >= 0.3 is 0 Å². The molecule has 6 heteroatoms. The van der Waals surface area contributed by atoms with Crippen molar-refractivity contribution in [3.63, 3.8) is 0 Å². The zero-order valence-electron chi connectivity index (χ0n) is 70.3. The Morgan fingerprint density at radius 2 is 0.312 bits per heavy atom. The third-order valence-corrected chi connectivity index (χ3v) is 23.3. The molecule has 0 spiro atoms. The summed E-state index contributed by atoms with van der Waals surface area (Å²) in [5, 5.41) is 5.01. The molecule has 0 unspecified atom stereocenters. The van der Waals surface area contributed by atoms with Gasteiger partial charge in [0.1, 0.15) is 0 Å². The fourth-order valence-electron chi connectivity index (χ4n) is 16.4. The van der Waals surface area contributed by atoms with Gasteiger partial charge in [-0.25, -0.2) is 0 Å². The maximum atomic E-state index is 2.31. The second-order valence-corrected chi connectivity index (χ2v) is 31.1. The third kappa shape index (κ3) is 18.6. The van der Waals surface area contributed by atoms with Crippen LogP contribution in [0.5, 0.6) is 0 Å². The molecule has 20 rings (SSSR count). The molecule has 0 aliphatic carbocycles. The molecule has 0 heterocycles. The Balaban J connectivity index is 0.000000128. The first-order chi connectivity index (χ1) is 61.7. The van der Waals surface area contributed by atoms with Crippen molar-refractivity contribution in [1.82, 2.24) is 0 Å². The molecule has 0 bridgehead atoms. The van der Waals surface area contributed by atoms with Crippen LogP contribution in [-0.4, -0.2) is 21.1 Å². The average Bonchev–Trinajstić information content (AvgIpc) is 0.804. The van der Waals surface area contributed by atoms with E-state index in [2.05, 4.69) is 560 Å². The summed E-state index contributed by atoms with van der Waals surface area (Å²) in [7, 11) is 6.36.